The van der Waals surface area contributed by atoms with Gasteiger partial charge in [0.05, 0.1) is 22.6 Å². The van der Waals surface area contributed by atoms with Crippen LogP contribution in [0.3, 0.4) is 0 Å². The van der Waals surface area contributed by atoms with E-state index in [2.05, 4.69) is 42.4 Å². The first-order valence-corrected chi connectivity index (χ1v) is 9.72. The van der Waals surface area contributed by atoms with E-state index in [1.54, 1.807) is 11.8 Å². The molecule has 1 N–H and O–H groups in total. The standard InChI is InChI=1S/C19H20Cl2N2S/c1-12-8-13(2)10-14(9-12)11-17(23-19-22-6-7-24-19)15-4-3-5-16(20)18(15)21/h3-5,8-10,17H,6-7,11H2,1-2H3,(H,22,23). The molecule has 0 saturated heterocycles. The van der Waals surface area contributed by atoms with Crippen LogP contribution in [0.15, 0.2) is 41.4 Å². The van der Waals surface area contributed by atoms with Crippen molar-refractivity contribution >= 4 is 40.1 Å². The third kappa shape index (κ3) is 4.27. The highest BCUT2D eigenvalue weighted by Gasteiger charge is 2.20. The van der Waals surface area contributed by atoms with Gasteiger partial charge in [0.25, 0.3) is 0 Å². The Morgan fingerprint density at radius 1 is 1.17 bits per heavy atom. The number of nitrogens with zero attached hydrogens (tertiary/aromatic N) is 1. The van der Waals surface area contributed by atoms with E-state index in [4.69, 9.17) is 23.2 Å². The van der Waals surface area contributed by atoms with Gasteiger partial charge in [-0.3, -0.25) is 4.99 Å². The molecule has 24 heavy (non-hydrogen) atoms. The number of hydrogen-bond acceptors (Lipinski definition) is 3. The molecule has 0 aromatic heterocycles. The van der Waals surface area contributed by atoms with Crippen molar-refractivity contribution in [3.63, 3.8) is 0 Å². The van der Waals surface area contributed by atoms with Crippen LogP contribution in [0.4, 0.5) is 0 Å². The quantitative estimate of drug-likeness (QED) is 0.749. The molecule has 0 spiro atoms. The fourth-order valence-corrected chi connectivity index (χ4v) is 4.25. The molecule has 0 amide bonds. The molecular formula is C19H20Cl2N2S. The lowest BCUT2D eigenvalue weighted by atomic mass is 9.96. The second-order valence-corrected chi connectivity index (χ2v) is 7.94. The number of thioether (sulfide) groups is 1. The average molecular weight is 379 g/mol. The summed E-state index contributed by atoms with van der Waals surface area (Å²) in [6.45, 7) is 5.12. The van der Waals surface area contributed by atoms with Crippen molar-refractivity contribution in [2.45, 2.75) is 26.3 Å². The molecule has 2 aromatic rings. The Morgan fingerprint density at radius 2 is 1.92 bits per heavy atom. The molecule has 0 radical (unpaired) electrons. The minimum atomic E-state index is 0.0433. The lowest BCUT2D eigenvalue weighted by molar-refractivity contribution is 0.648. The highest BCUT2D eigenvalue weighted by molar-refractivity contribution is 8.14. The number of nitrogens with one attached hydrogen (secondary N) is 1. The predicted molar refractivity (Wildman–Crippen MR) is 107 cm³/mol. The van der Waals surface area contributed by atoms with Crippen LogP contribution in [0.1, 0.15) is 28.3 Å². The van der Waals surface area contributed by atoms with Gasteiger partial charge in [0.15, 0.2) is 5.17 Å². The van der Waals surface area contributed by atoms with Gasteiger partial charge >= 0.3 is 0 Å². The van der Waals surface area contributed by atoms with Crippen LogP contribution in [0.2, 0.25) is 10.0 Å². The topological polar surface area (TPSA) is 24.4 Å². The Kier molecular flexibility index (Phi) is 5.75. The summed E-state index contributed by atoms with van der Waals surface area (Å²) in [5.74, 6) is 1.03. The molecule has 1 unspecified atom stereocenters. The minimum absolute atomic E-state index is 0.0433. The second-order valence-electron chi connectivity index (χ2n) is 6.08. The van der Waals surface area contributed by atoms with E-state index in [1.807, 2.05) is 18.2 Å². The van der Waals surface area contributed by atoms with Crippen LogP contribution < -0.4 is 5.32 Å². The molecule has 1 atom stereocenters. The van der Waals surface area contributed by atoms with Crippen molar-refractivity contribution in [1.29, 1.82) is 0 Å². The minimum Gasteiger partial charge on any atom is -0.358 e. The van der Waals surface area contributed by atoms with Crippen molar-refractivity contribution in [2.24, 2.45) is 4.99 Å². The van der Waals surface area contributed by atoms with Gasteiger partial charge in [-0.25, -0.2) is 0 Å². The molecule has 0 aliphatic carbocycles. The summed E-state index contributed by atoms with van der Waals surface area (Å²) < 4.78 is 0. The predicted octanol–water partition coefficient (Wildman–Crippen LogP) is 5.59. The van der Waals surface area contributed by atoms with Gasteiger partial charge in [0.1, 0.15) is 0 Å². The largest absolute Gasteiger partial charge is 0.358 e. The van der Waals surface area contributed by atoms with E-state index < -0.39 is 0 Å². The molecule has 0 saturated carbocycles. The van der Waals surface area contributed by atoms with Crippen LogP contribution in [0.5, 0.6) is 0 Å². The van der Waals surface area contributed by atoms with Crippen molar-refractivity contribution in [1.82, 2.24) is 5.32 Å². The molecular weight excluding hydrogens is 359 g/mol. The van der Waals surface area contributed by atoms with E-state index in [-0.39, 0.29) is 6.04 Å². The molecule has 1 aliphatic rings. The maximum atomic E-state index is 6.48. The molecule has 0 fully saturated rings. The number of aryl methyl sites for hydroxylation is 2. The zero-order valence-electron chi connectivity index (χ0n) is 13.8. The molecule has 2 nitrogen and oxygen atoms in total. The van der Waals surface area contributed by atoms with Gasteiger partial charge in [-0.2, -0.15) is 0 Å². The van der Waals surface area contributed by atoms with E-state index in [9.17, 15) is 0 Å². The summed E-state index contributed by atoms with van der Waals surface area (Å²) >= 11 is 14.5. The number of rotatable bonds is 4. The summed E-state index contributed by atoms with van der Waals surface area (Å²) in [4.78, 5) is 4.52. The van der Waals surface area contributed by atoms with Crippen molar-refractivity contribution in [3.05, 3.63) is 68.7 Å². The Labute approximate surface area is 157 Å². The highest BCUT2D eigenvalue weighted by Crippen LogP contribution is 2.32. The lowest BCUT2D eigenvalue weighted by Gasteiger charge is -2.22. The monoisotopic (exact) mass is 378 g/mol. The van der Waals surface area contributed by atoms with Crippen molar-refractivity contribution < 1.29 is 0 Å². The Balaban J connectivity index is 1.93. The zero-order valence-corrected chi connectivity index (χ0v) is 16.1. The van der Waals surface area contributed by atoms with E-state index in [1.165, 1.54) is 16.7 Å². The third-order valence-corrected chi connectivity index (χ3v) is 5.70. The fraction of sp³-hybridized carbons (Fsp3) is 0.316. The van der Waals surface area contributed by atoms with Gasteiger partial charge in [-0.15, -0.1) is 0 Å². The van der Waals surface area contributed by atoms with Crippen LogP contribution in [0.25, 0.3) is 0 Å². The van der Waals surface area contributed by atoms with Gasteiger partial charge in [0, 0.05) is 5.75 Å². The van der Waals surface area contributed by atoms with E-state index in [0.29, 0.717) is 10.0 Å². The molecule has 126 valence electrons. The zero-order chi connectivity index (χ0) is 17.1. The second kappa shape index (κ2) is 7.81. The Morgan fingerprint density at radius 3 is 2.58 bits per heavy atom. The maximum absolute atomic E-state index is 6.48. The van der Waals surface area contributed by atoms with Gasteiger partial charge < -0.3 is 5.32 Å². The molecule has 0 bridgehead atoms. The lowest BCUT2D eigenvalue weighted by Crippen LogP contribution is -2.27. The highest BCUT2D eigenvalue weighted by atomic mass is 35.5. The number of amidine groups is 1. The van der Waals surface area contributed by atoms with Crippen molar-refractivity contribution in [2.75, 3.05) is 12.3 Å². The van der Waals surface area contributed by atoms with Crippen molar-refractivity contribution in [3.8, 4) is 0 Å². The van der Waals surface area contributed by atoms with Gasteiger partial charge in [0.2, 0.25) is 0 Å². The van der Waals surface area contributed by atoms with E-state index >= 15 is 0 Å². The van der Waals surface area contributed by atoms with Gasteiger partial charge in [-0.05, 0) is 37.5 Å². The molecule has 1 aliphatic heterocycles. The number of hydrogen-bond donors (Lipinski definition) is 1. The van der Waals surface area contributed by atoms with Crippen LogP contribution in [-0.4, -0.2) is 17.5 Å². The first kappa shape index (κ1) is 17.7. The summed E-state index contributed by atoms with van der Waals surface area (Å²) in [6, 6.07) is 12.5. The first-order chi connectivity index (χ1) is 11.5. The summed E-state index contributed by atoms with van der Waals surface area (Å²) in [5.41, 5.74) is 4.84. The normalized spacial score (nSPS) is 15.2. The van der Waals surface area contributed by atoms with Crippen LogP contribution >= 0.6 is 35.0 Å². The number of halogens is 2. The summed E-state index contributed by atoms with van der Waals surface area (Å²) in [5, 5.41) is 5.75. The summed E-state index contributed by atoms with van der Waals surface area (Å²) in [6.07, 6.45) is 0.835. The molecule has 1 heterocycles. The summed E-state index contributed by atoms with van der Waals surface area (Å²) in [7, 11) is 0. The van der Waals surface area contributed by atoms with Crippen LogP contribution in [-0.2, 0) is 6.42 Å². The van der Waals surface area contributed by atoms with Gasteiger partial charge in [-0.1, -0.05) is 76.4 Å². The third-order valence-electron chi connectivity index (χ3n) is 3.96. The average Bonchev–Trinajstić information content (AvgIpc) is 3.01. The number of benzene rings is 2. The first-order valence-electron chi connectivity index (χ1n) is 7.98. The SMILES string of the molecule is Cc1cc(C)cc(CC(NC2=NCCS2)c2cccc(Cl)c2Cl)c1. The maximum Gasteiger partial charge on any atom is 0.157 e. The molecule has 5 heteroatoms. The van der Waals surface area contributed by atoms with E-state index in [0.717, 1.165) is 29.4 Å². The Hall–Kier alpha value is -1.16. The van der Waals surface area contributed by atoms with Crippen LogP contribution in [0, 0.1) is 13.8 Å². The number of aliphatic imine (C=N–C) groups is 1. The fourth-order valence-electron chi connectivity index (χ4n) is 3.02. The molecule has 3 rings (SSSR count). The Bertz CT molecular complexity index is 754. The smallest absolute Gasteiger partial charge is 0.157 e. The molecule has 2 aromatic carbocycles.